The smallest absolute Gasteiger partial charge is 0.0750 e. The van der Waals surface area contributed by atoms with Gasteiger partial charge in [0, 0.05) is 3.57 Å². The number of hydrogen-bond acceptors (Lipinski definition) is 2. The van der Waals surface area contributed by atoms with E-state index in [0.717, 1.165) is 5.69 Å². The van der Waals surface area contributed by atoms with E-state index in [9.17, 15) is 0 Å². The number of nitrogens with zero attached hydrogens (tertiary/aromatic N) is 1. The molecule has 0 amide bonds. The predicted octanol–water partition coefficient (Wildman–Crippen LogP) is 3.33. The Morgan fingerprint density at radius 2 is 2.27 bits per heavy atom. The van der Waals surface area contributed by atoms with Crippen molar-refractivity contribution >= 4 is 45.7 Å². The number of rotatable bonds is 1. The Morgan fingerprint density at radius 3 is 2.82 bits per heavy atom. The van der Waals surface area contributed by atoms with Crippen LogP contribution in [0.1, 0.15) is 5.56 Å². The molecule has 0 N–H and O–H groups in total. The maximum absolute atomic E-state index is 4.49. The van der Waals surface area contributed by atoms with Crippen molar-refractivity contribution in [3.8, 4) is 0 Å². The lowest BCUT2D eigenvalue weighted by Crippen LogP contribution is -1.76. The van der Waals surface area contributed by atoms with E-state index in [1.807, 2.05) is 18.2 Å². The summed E-state index contributed by atoms with van der Waals surface area (Å²) in [5, 5.41) is 2.34. The number of aliphatic imine (C=N–C) groups is 1. The van der Waals surface area contributed by atoms with Crippen molar-refractivity contribution in [2.75, 3.05) is 0 Å². The SMILES string of the molecule is Cc1ccc(N=C=S)cc1I. The Balaban J connectivity index is 3.14. The summed E-state index contributed by atoms with van der Waals surface area (Å²) in [6.45, 7) is 2.06. The predicted molar refractivity (Wildman–Crippen MR) is 58.6 cm³/mol. The number of hydrogen-bond donors (Lipinski definition) is 0. The molecule has 1 nitrogen and oxygen atoms in total. The summed E-state index contributed by atoms with van der Waals surface area (Å²) in [7, 11) is 0. The van der Waals surface area contributed by atoms with Crippen molar-refractivity contribution in [3.05, 3.63) is 27.3 Å². The monoisotopic (exact) mass is 275 g/mol. The van der Waals surface area contributed by atoms with E-state index >= 15 is 0 Å². The van der Waals surface area contributed by atoms with E-state index in [1.165, 1.54) is 9.13 Å². The number of thiocarbonyl (C=S) groups is 1. The van der Waals surface area contributed by atoms with E-state index in [0.29, 0.717) is 0 Å². The average Bonchev–Trinajstić information content (AvgIpc) is 1.98. The molecule has 0 aliphatic heterocycles. The van der Waals surface area contributed by atoms with Gasteiger partial charge in [0.25, 0.3) is 0 Å². The first-order chi connectivity index (χ1) is 5.24. The molecular weight excluding hydrogens is 269 g/mol. The Hall–Kier alpha value is -0.250. The quantitative estimate of drug-likeness (QED) is 0.435. The van der Waals surface area contributed by atoms with Crippen LogP contribution in [0.15, 0.2) is 23.2 Å². The van der Waals surface area contributed by atoms with E-state index in [2.05, 4.69) is 51.9 Å². The first-order valence-electron chi connectivity index (χ1n) is 3.08. The lowest BCUT2D eigenvalue weighted by atomic mass is 10.2. The second kappa shape index (κ2) is 3.95. The molecule has 0 bridgehead atoms. The number of benzene rings is 1. The number of halogens is 1. The van der Waals surface area contributed by atoms with Crippen LogP contribution in [0.3, 0.4) is 0 Å². The van der Waals surface area contributed by atoms with Gasteiger partial charge in [-0.25, -0.2) is 0 Å². The average molecular weight is 275 g/mol. The topological polar surface area (TPSA) is 12.4 Å². The van der Waals surface area contributed by atoms with Crippen molar-refractivity contribution in [1.82, 2.24) is 0 Å². The Labute approximate surface area is 84.7 Å². The van der Waals surface area contributed by atoms with Crippen molar-refractivity contribution in [1.29, 1.82) is 0 Å². The van der Waals surface area contributed by atoms with Gasteiger partial charge in [-0.15, -0.1) is 0 Å². The zero-order chi connectivity index (χ0) is 8.27. The molecule has 0 atom stereocenters. The third-order valence-corrected chi connectivity index (χ3v) is 2.58. The van der Waals surface area contributed by atoms with Crippen LogP contribution in [-0.4, -0.2) is 5.16 Å². The fourth-order valence-corrected chi connectivity index (χ4v) is 1.31. The molecule has 0 fully saturated rings. The molecule has 0 unspecified atom stereocenters. The van der Waals surface area contributed by atoms with Gasteiger partial charge in [0.05, 0.1) is 10.8 Å². The van der Waals surface area contributed by atoms with Gasteiger partial charge in [-0.05, 0) is 59.4 Å². The summed E-state index contributed by atoms with van der Waals surface area (Å²) < 4.78 is 1.20. The first-order valence-corrected chi connectivity index (χ1v) is 4.57. The highest BCUT2D eigenvalue weighted by Crippen LogP contribution is 2.18. The van der Waals surface area contributed by atoms with Gasteiger partial charge in [0.1, 0.15) is 0 Å². The molecule has 0 saturated heterocycles. The van der Waals surface area contributed by atoms with Gasteiger partial charge >= 0.3 is 0 Å². The zero-order valence-electron chi connectivity index (χ0n) is 5.97. The molecule has 0 saturated carbocycles. The van der Waals surface area contributed by atoms with Gasteiger partial charge < -0.3 is 0 Å². The maximum Gasteiger partial charge on any atom is 0.0750 e. The third-order valence-electron chi connectivity index (χ3n) is 1.33. The molecular formula is C8H6INS. The minimum Gasteiger partial charge on any atom is -0.195 e. The number of isothiocyanates is 1. The minimum atomic E-state index is 0.870. The molecule has 0 radical (unpaired) electrons. The van der Waals surface area contributed by atoms with Crippen LogP contribution in [0.25, 0.3) is 0 Å². The molecule has 0 aliphatic rings. The summed E-state index contributed by atoms with van der Waals surface area (Å²) in [4.78, 5) is 3.87. The van der Waals surface area contributed by atoms with Gasteiger partial charge in [-0.1, -0.05) is 6.07 Å². The highest BCUT2D eigenvalue weighted by molar-refractivity contribution is 14.1. The lowest BCUT2D eigenvalue weighted by molar-refractivity contribution is 1.40. The van der Waals surface area contributed by atoms with Gasteiger partial charge in [-0.2, -0.15) is 4.99 Å². The van der Waals surface area contributed by atoms with Crippen LogP contribution in [0.2, 0.25) is 0 Å². The molecule has 1 aromatic carbocycles. The summed E-state index contributed by atoms with van der Waals surface area (Å²) in [5.74, 6) is 0. The molecule has 1 aromatic rings. The molecule has 0 spiro atoms. The van der Waals surface area contributed by atoms with E-state index in [1.54, 1.807) is 0 Å². The minimum absolute atomic E-state index is 0.870. The van der Waals surface area contributed by atoms with Crippen LogP contribution in [0, 0.1) is 10.5 Å². The molecule has 1 rings (SSSR count). The largest absolute Gasteiger partial charge is 0.195 e. The fraction of sp³-hybridized carbons (Fsp3) is 0.125. The van der Waals surface area contributed by atoms with Crippen LogP contribution in [0.4, 0.5) is 5.69 Å². The maximum atomic E-state index is 4.49. The summed E-state index contributed by atoms with van der Waals surface area (Å²) in [5.41, 5.74) is 2.13. The highest BCUT2D eigenvalue weighted by atomic mass is 127. The second-order valence-corrected chi connectivity index (χ2v) is 3.48. The van der Waals surface area contributed by atoms with Crippen LogP contribution in [0.5, 0.6) is 0 Å². The van der Waals surface area contributed by atoms with Crippen molar-refractivity contribution < 1.29 is 0 Å². The van der Waals surface area contributed by atoms with Gasteiger partial charge in [0.2, 0.25) is 0 Å². The molecule has 0 aromatic heterocycles. The lowest BCUT2D eigenvalue weighted by Gasteiger charge is -1.96. The first kappa shape index (κ1) is 8.84. The number of aryl methyl sites for hydroxylation is 1. The van der Waals surface area contributed by atoms with Gasteiger partial charge in [0.15, 0.2) is 0 Å². The summed E-state index contributed by atoms with van der Waals surface area (Å²) >= 11 is 6.76. The molecule has 56 valence electrons. The Bertz CT molecular complexity index is 316. The summed E-state index contributed by atoms with van der Waals surface area (Å²) in [6.07, 6.45) is 0. The second-order valence-electron chi connectivity index (χ2n) is 2.14. The Morgan fingerprint density at radius 1 is 1.55 bits per heavy atom. The van der Waals surface area contributed by atoms with Crippen molar-refractivity contribution in [2.45, 2.75) is 6.92 Å². The fourth-order valence-electron chi connectivity index (χ4n) is 0.704. The molecule has 0 aliphatic carbocycles. The van der Waals surface area contributed by atoms with Crippen molar-refractivity contribution in [2.24, 2.45) is 4.99 Å². The normalized spacial score (nSPS) is 8.91. The molecule has 11 heavy (non-hydrogen) atoms. The van der Waals surface area contributed by atoms with Crippen LogP contribution >= 0.6 is 34.8 Å². The molecule has 3 heteroatoms. The van der Waals surface area contributed by atoms with E-state index in [-0.39, 0.29) is 0 Å². The van der Waals surface area contributed by atoms with E-state index in [4.69, 9.17) is 0 Å². The molecule has 0 heterocycles. The standard InChI is InChI=1S/C8H6INS/c1-6-2-3-7(10-5-11)4-8(6)9/h2-4H,1H3. The van der Waals surface area contributed by atoms with Crippen LogP contribution in [-0.2, 0) is 0 Å². The van der Waals surface area contributed by atoms with Crippen LogP contribution < -0.4 is 0 Å². The Kier molecular flexibility index (Phi) is 3.17. The zero-order valence-corrected chi connectivity index (χ0v) is 8.94. The van der Waals surface area contributed by atoms with Crippen molar-refractivity contribution in [3.63, 3.8) is 0 Å². The third kappa shape index (κ3) is 2.36. The van der Waals surface area contributed by atoms with Gasteiger partial charge in [-0.3, -0.25) is 0 Å². The van der Waals surface area contributed by atoms with E-state index < -0.39 is 0 Å². The highest BCUT2D eigenvalue weighted by Gasteiger charge is 1.93. The summed E-state index contributed by atoms with van der Waals surface area (Å²) in [6, 6.07) is 5.93.